The first-order valence-corrected chi connectivity index (χ1v) is 9.37. The largest absolute Gasteiger partial charge is 0.377 e. The van der Waals surface area contributed by atoms with Crippen LogP contribution in [0.1, 0.15) is 37.0 Å². The number of nitrogens with one attached hydrogen (secondary N) is 2. The molecule has 0 aliphatic rings. The molecule has 2 aromatic rings. The third-order valence-electron chi connectivity index (χ3n) is 3.72. The number of aromatic nitrogens is 2. The molecule has 0 spiro atoms. The van der Waals surface area contributed by atoms with Crippen molar-refractivity contribution in [3.63, 3.8) is 0 Å². The molecule has 1 heterocycles. The van der Waals surface area contributed by atoms with E-state index in [1.54, 1.807) is 19.2 Å². The maximum atomic E-state index is 12.5. The Morgan fingerprint density at radius 3 is 2.54 bits per heavy atom. The van der Waals surface area contributed by atoms with E-state index in [4.69, 9.17) is 4.74 Å². The zero-order valence-electron chi connectivity index (χ0n) is 14.0. The second-order valence-electron chi connectivity index (χ2n) is 5.70. The molecule has 0 saturated carbocycles. The summed E-state index contributed by atoms with van der Waals surface area (Å²) in [7, 11) is -2.17. The highest BCUT2D eigenvalue weighted by Gasteiger charge is 2.17. The second kappa shape index (κ2) is 6.78. The predicted octanol–water partition coefficient (Wildman–Crippen LogP) is 0.989. The van der Waals surface area contributed by atoms with Crippen molar-refractivity contribution < 1.29 is 13.2 Å². The summed E-state index contributed by atoms with van der Waals surface area (Å²) in [6, 6.07) is 3.34. The van der Waals surface area contributed by atoms with Gasteiger partial charge in [-0.1, -0.05) is 13.3 Å². The molecule has 1 unspecified atom stereocenters. The number of benzene rings is 1. The molecule has 0 aliphatic heterocycles. The van der Waals surface area contributed by atoms with Gasteiger partial charge in [-0.3, -0.25) is 4.79 Å². The van der Waals surface area contributed by atoms with Gasteiger partial charge in [-0.25, -0.2) is 18.0 Å². The fraction of sp³-hybridized carbons (Fsp3) is 0.467. The Morgan fingerprint density at radius 1 is 1.33 bits per heavy atom. The minimum Gasteiger partial charge on any atom is -0.377 e. The molecule has 132 valence electrons. The van der Waals surface area contributed by atoms with E-state index in [9.17, 15) is 18.0 Å². The van der Waals surface area contributed by atoms with Gasteiger partial charge >= 0.3 is 5.69 Å². The number of ether oxygens (including phenoxy) is 1. The molecule has 0 radical (unpaired) electrons. The number of sulfonamides is 1. The summed E-state index contributed by atoms with van der Waals surface area (Å²) in [6.45, 7) is 3.90. The van der Waals surface area contributed by atoms with Crippen LogP contribution in [-0.2, 0) is 14.8 Å². The molecule has 0 bridgehead atoms. The Kier molecular flexibility index (Phi) is 5.14. The van der Waals surface area contributed by atoms with Crippen LogP contribution in [0.15, 0.2) is 21.7 Å². The Balaban J connectivity index is 2.74. The normalized spacial score (nSPS) is 13.2. The molecule has 0 saturated heterocycles. The maximum Gasteiger partial charge on any atom is 0.348 e. The molecule has 8 nitrogen and oxygen atoms in total. The van der Waals surface area contributed by atoms with Gasteiger partial charge in [-0.05, 0) is 36.6 Å². The average Bonchev–Trinajstić information content (AvgIpc) is 2.48. The molecular formula is C15H21N3O5S. The highest BCUT2D eigenvalue weighted by Crippen LogP contribution is 2.27. The fourth-order valence-corrected chi connectivity index (χ4v) is 3.14. The molecule has 1 aromatic heterocycles. The first-order valence-electron chi connectivity index (χ1n) is 7.48. The number of aryl methyl sites for hydroxylation is 1. The zero-order chi connectivity index (χ0) is 18.1. The van der Waals surface area contributed by atoms with Crippen molar-refractivity contribution >= 4 is 20.9 Å². The van der Waals surface area contributed by atoms with Gasteiger partial charge in [0.2, 0.25) is 10.0 Å². The van der Waals surface area contributed by atoms with E-state index in [1.807, 2.05) is 18.7 Å². The summed E-state index contributed by atoms with van der Waals surface area (Å²) in [5, 5.41) is 0.213. The van der Waals surface area contributed by atoms with Crippen molar-refractivity contribution in [3.05, 3.63) is 44.1 Å². The van der Waals surface area contributed by atoms with Crippen LogP contribution in [0.25, 0.3) is 10.9 Å². The quantitative estimate of drug-likeness (QED) is 0.803. The summed E-state index contributed by atoms with van der Waals surface area (Å²) < 4.78 is 28.7. The molecule has 0 fully saturated rings. The van der Waals surface area contributed by atoms with Crippen LogP contribution in [0.5, 0.6) is 0 Å². The lowest BCUT2D eigenvalue weighted by Gasteiger charge is -2.18. The van der Waals surface area contributed by atoms with Crippen molar-refractivity contribution in [1.82, 2.24) is 9.66 Å². The highest BCUT2D eigenvalue weighted by molar-refractivity contribution is 7.91. The van der Waals surface area contributed by atoms with Crippen LogP contribution in [0.2, 0.25) is 0 Å². The number of nitrogens with zero attached hydrogens (tertiary/aromatic N) is 1. The van der Waals surface area contributed by atoms with Gasteiger partial charge in [0, 0.05) is 7.11 Å². The molecular weight excluding hydrogens is 334 g/mol. The second-order valence-corrected chi connectivity index (χ2v) is 7.43. The monoisotopic (exact) mass is 355 g/mol. The molecule has 0 aliphatic carbocycles. The number of hydrogen-bond donors (Lipinski definition) is 2. The SMILES string of the molecule is CCCC(OC)c1cc2c(=O)n(NS(C)(=O)=O)c(=O)[nH]c2cc1C. The van der Waals surface area contributed by atoms with E-state index in [0.717, 1.165) is 30.2 Å². The van der Waals surface area contributed by atoms with Crippen LogP contribution < -0.4 is 16.1 Å². The first kappa shape index (κ1) is 18.2. The van der Waals surface area contributed by atoms with Crippen molar-refractivity contribution in [2.24, 2.45) is 0 Å². The summed E-state index contributed by atoms with van der Waals surface area (Å²) in [5.41, 5.74) is 0.492. The number of methoxy groups -OCH3 is 1. The summed E-state index contributed by atoms with van der Waals surface area (Å²) in [4.78, 5) is 28.9. The van der Waals surface area contributed by atoms with Crippen LogP contribution in [0.3, 0.4) is 0 Å². The standard InChI is InChI=1S/C15H21N3O5S/c1-5-6-13(23-3)10-8-11-12(7-9(10)2)16-15(20)18(14(11)19)17-24(4,21)22/h7-8,13,17H,5-6H2,1-4H3,(H,16,20). The van der Waals surface area contributed by atoms with Crippen LogP contribution in [-0.4, -0.2) is 31.4 Å². The Bertz CT molecular complexity index is 975. The van der Waals surface area contributed by atoms with E-state index in [2.05, 4.69) is 4.98 Å². The van der Waals surface area contributed by atoms with Crippen LogP contribution in [0.4, 0.5) is 0 Å². The lowest BCUT2D eigenvalue weighted by atomic mass is 9.98. The summed E-state index contributed by atoms with van der Waals surface area (Å²) in [6.07, 6.45) is 2.37. The van der Waals surface area contributed by atoms with Gasteiger partial charge < -0.3 is 9.72 Å². The van der Waals surface area contributed by atoms with Gasteiger partial charge in [-0.2, -0.15) is 4.68 Å². The van der Waals surface area contributed by atoms with Crippen molar-refractivity contribution in [2.45, 2.75) is 32.8 Å². The Labute approximate surface area is 139 Å². The maximum absolute atomic E-state index is 12.5. The van der Waals surface area contributed by atoms with Gasteiger partial charge in [-0.15, -0.1) is 0 Å². The minimum atomic E-state index is -3.77. The van der Waals surface area contributed by atoms with Gasteiger partial charge in [0.05, 0.1) is 23.3 Å². The first-order chi connectivity index (χ1) is 11.2. The van der Waals surface area contributed by atoms with Crippen LogP contribution in [0, 0.1) is 6.92 Å². The topological polar surface area (TPSA) is 110 Å². The molecule has 24 heavy (non-hydrogen) atoms. The summed E-state index contributed by atoms with van der Waals surface area (Å²) in [5.74, 6) is 0. The molecule has 1 aromatic carbocycles. The third kappa shape index (κ3) is 3.68. The van der Waals surface area contributed by atoms with Crippen molar-refractivity contribution in [3.8, 4) is 0 Å². The summed E-state index contributed by atoms with van der Waals surface area (Å²) >= 11 is 0. The number of rotatable bonds is 6. The van der Waals surface area contributed by atoms with Gasteiger partial charge in [0.15, 0.2) is 0 Å². The van der Waals surface area contributed by atoms with E-state index in [1.165, 1.54) is 0 Å². The number of H-pyrrole nitrogens is 1. The number of hydrogen-bond acceptors (Lipinski definition) is 5. The van der Waals surface area contributed by atoms with E-state index >= 15 is 0 Å². The van der Waals surface area contributed by atoms with E-state index in [-0.39, 0.29) is 11.5 Å². The predicted molar refractivity (Wildman–Crippen MR) is 92.4 cm³/mol. The van der Waals surface area contributed by atoms with Gasteiger partial charge in [0.1, 0.15) is 0 Å². The lowest BCUT2D eigenvalue weighted by molar-refractivity contribution is 0.0946. The highest BCUT2D eigenvalue weighted by atomic mass is 32.2. The molecule has 1 atom stereocenters. The average molecular weight is 355 g/mol. The Hall–Kier alpha value is -2.13. The molecule has 2 N–H and O–H groups in total. The number of fused-ring (bicyclic) bond motifs is 1. The fourth-order valence-electron chi connectivity index (χ4n) is 2.65. The van der Waals surface area contributed by atoms with Gasteiger partial charge in [0.25, 0.3) is 5.56 Å². The Morgan fingerprint density at radius 2 is 2.00 bits per heavy atom. The van der Waals surface area contributed by atoms with E-state index in [0.29, 0.717) is 10.2 Å². The van der Waals surface area contributed by atoms with Crippen molar-refractivity contribution in [2.75, 3.05) is 18.2 Å². The third-order valence-corrected chi connectivity index (χ3v) is 4.24. The number of aromatic amines is 1. The van der Waals surface area contributed by atoms with E-state index < -0.39 is 21.3 Å². The van der Waals surface area contributed by atoms with Crippen LogP contribution >= 0.6 is 0 Å². The molecule has 9 heteroatoms. The lowest BCUT2D eigenvalue weighted by Crippen LogP contribution is -2.43. The zero-order valence-corrected chi connectivity index (χ0v) is 14.9. The minimum absolute atomic E-state index is 0.179. The van der Waals surface area contributed by atoms with Crippen molar-refractivity contribution in [1.29, 1.82) is 0 Å². The molecule has 0 amide bonds. The smallest absolute Gasteiger partial charge is 0.348 e. The molecule has 2 rings (SSSR count).